The molecule has 0 unspecified atom stereocenters. The van der Waals surface area contributed by atoms with Crippen molar-refractivity contribution in [2.75, 3.05) is 18.4 Å². The Balaban J connectivity index is 1.33. The van der Waals surface area contributed by atoms with Crippen molar-refractivity contribution in [2.24, 2.45) is 5.92 Å². The molecular weight excluding hydrogens is 430 g/mol. The molecule has 0 atom stereocenters. The number of furan rings is 1. The van der Waals surface area contributed by atoms with Gasteiger partial charge in [-0.2, -0.15) is 5.10 Å². The second-order valence-corrected chi connectivity index (χ2v) is 8.35. The molecule has 172 valence electrons. The van der Waals surface area contributed by atoms with Gasteiger partial charge >= 0.3 is 0 Å². The van der Waals surface area contributed by atoms with Gasteiger partial charge in [0.2, 0.25) is 5.91 Å². The molecule has 2 amide bonds. The molecule has 3 aromatic heterocycles. The zero-order chi connectivity index (χ0) is 23.5. The number of aryl methyl sites for hydroxylation is 1. The Labute approximate surface area is 197 Å². The van der Waals surface area contributed by atoms with E-state index in [0.717, 1.165) is 11.4 Å². The number of nitrogens with zero attached hydrogens (tertiary/aromatic N) is 4. The van der Waals surface area contributed by atoms with Crippen LogP contribution in [0.1, 0.15) is 29.0 Å². The van der Waals surface area contributed by atoms with Crippen molar-refractivity contribution in [3.05, 3.63) is 84.4 Å². The lowest BCUT2D eigenvalue weighted by Gasteiger charge is -2.31. The fourth-order valence-corrected chi connectivity index (χ4v) is 4.17. The Hall–Kier alpha value is -4.20. The van der Waals surface area contributed by atoms with Crippen molar-refractivity contribution in [3.8, 4) is 17.1 Å². The second kappa shape index (κ2) is 9.35. The summed E-state index contributed by atoms with van der Waals surface area (Å²) in [5, 5.41) is 7.54. The summed E-state index contributed by atoms with van der Waals surface area (Å²) in [4.78, 5) is 32.1. The number of benzene rings is 1. The Morgan fingerprint density at radius 1 is 1.00 bits per heavy atom. The highest BCUT2D eigenvalue weighted by atomic mass is 16.3. The summed E-state index contributed by atoms with van der Waals surface area (Å²) in [5.74, 6) is 1.51. The van der Waals surface area contributed by atoms with Gasteiger partial charge < -0.3 is 14.6 Å². The minimum Gasteiger partial charge on any atom is -0.460 e. The van der Waals surface area contributed by atoms with E-state index < -0.39 is 0 Å². The molecule has 0 bridgehead atoms. The van der Waals surface area contributed by atoms with Crippen LogP contribution in [0.2, 0.25) is 0 Å². The van der Waals surface area contributed by atoms with Gasteiger partial charge in [-0.1, -0.05) is 24.3 Å². The van der Waals surface area contributed by atoms with E-state index in [9.17, 15) is 9.59 Å². The van der Waals surface area contributed by atoms with Crippen LogP contribution in [0.4, 0.5) is 5.82 Å². The summed E-state index contributed by atoms with van der Waals surface area (Å²) in [7, 11) is 0. The van der Waals surface area contributed by atoms with Crippen molar-refractivity contribution in [2.45, 2.75) is 19.8 Å². The molecule has 1 aliphatic rings. The zero-order valence-electron chi connectivity index (χ0n) is 18.8. The van der Waals surface area contributed by atoms with Crippen molar-refractivity contribution < 1.29 is 14.0 Å². The molecule has 0 radical (unpaired) electrons. The summed E-state index contributed by atoms with van der Waals surface area (Å²) in [5.41, 5.74) is 1.85. The predicted octanol–water partition coefficient (Wildman–Crippen LogP) is 4.33. The Morgan fingerprint density at radius 2 is 1.76 bits per heavy atom. The van der Waals surface area contributed by atoms with Crippen LogP contribution in [0.5, 0.6) is 0 Å². The van der Waals surface area contributed by atoms with E-state index in [-0.39, 0.29) is 17.7 Å². The average Bonchev–Trinajstić information content (AvgIpc) is 3.51. The molecule has 4 aromatic rings. The molecule has 4 heterocycles. The van der Waals surface area contributed by atoms with Gasteiger partial charge in [0.05, 0.1) is 11.3 Å². The third-order valence-corrected chi connectivity index (χ3v) is 6.01. The van der Waals surface area contributed by atoms with E-state index in [4.69, 9.17) is 4.42 Å². The molecule has 1 aromatic carbocycles. The number of carbonyl (C=O) groups is 2. The molecule has 8 nitrogen and oxygen atoms in total. The van der Waals surface area contributed by atoms with E-state index >= 15 is 0 Å². The highest BCUT2D eigenvalue weighted by Gasteiger charge is 2.31. The normalized spacial score (nSPS) is 14.2. The first-order valence-corrected chi connectivity index (χ1v) is 11.3. The molecule has 34 heavy (non-hydrogen) atoms. The van der Waals surface area contributed by atoms with Crippen LogP contribution < -0.4 is 5.32 Å². The first kappa shape index (κ1) is 21.6. The summed E-state index contributed by atoms with van der Waals surface area (Å²) >= 11 is 0. The number of aromatic nitrogens is 3. The SMILES string of the molecule is Cc1ccc(-c2nn(-c3ccccc3)cc2C(=O)N2CCC(C(=O)Nc3ccccn3)CC2)o1. The number of likely N-dealkylation sites (tertiary alicyclic amines) is 1. The highest BCUT2D eigenvalue weighted by Crippen LogP contribution is 2.28. The first-order valence-electron chi connectivity index (χ1n) is 11.3. The van der Waals surface area contributed by atoms with Crippen LogP contribution in [0.25, 0.3) is 17.1 Å². The van der Waals surface area contributed by atoms with E-state index in [2.05, 4.69) is 15.4 Å². The molecule has 1 fully saturated rings. The van der Waals surface area contributed by atoms with Gasteiger partial charge in [0.15, 0.2) is 5.76 Å². The van der Waals surface area contributed by atoms with Crippen molar-refractivity contribution in [1.82, 2.24) is 19.7 Å². The van der Waals surface area contributed by atoms with Crippen molar-refractivity contribution in [1.29, 1.82) is 0 Å². The monoisotopic (exact) mass is 455 g/mol. The maximum absolute atomic E-state index is 13.5. The standard InChI is InChI=1S/C26H25N5O3/c1-18-10-11-22(34-18)24-21(17-31(29-24)20-7-3-2-4-8-20)26(33)30-15-12-19(13-16-30)25(32)28-23-9-5-6-14-27-23/h2-11,14,17,19H,12-13,15-16H2,1H3,(H,27,28,32). The lowest BCUT2D eigenvalue weighted by atomic mass is 9.95. The Bertz CT molecular complexity index is 1290. The number of hydrogen-bond donors (Lipinski definition) is 1. The van der Waals surface area contributed by atoms with Crippen LogP contribution in [-0.4, -0.2) is 44.6 Å². The third kappa shape index (κ3) is 4.47. The second-order valence-electron chi connectivity index (χ2n) is 8.35. The number of para-hydroxylation sites is 1. The molecule has 0 saturated carbocycles. The van der Waals surface area contributed by atoms with Gasteiger partial charge in [-0.15, -0.1) is 0 Å². The van der Waals surface area contributed by atoms with Crippen LogP contribution in [0, 0.1) is 12.8 Å². The molecule has 1 N–H and O–H groups in total. The highest BCUT2D eigenvalue weighted by molar-refractivity contribution is 5.99. The predicted molar refractivity (Wildman–Crippen MR) is 127 cm³/mol. The molecule has 1 saturated heterocycles. The lowest BCUT2D eigenvalue weighted by Crippen LogP contribution is -2.41. The largest absolute Gasteiger partial charge is 0.460 e. The minimum atomic E-state index is -0.162. The number of rotatable bonds is 5. The smallest absolute Gasteiger partial charge is 0.257 e. The summed E-state index contributed by atoms with van der Waals surface area (Å²) in [6.07, 6.45) is 4.58. The van der Waals surface area contributed by atoms with Gasteiger partial charge in [0.25, 0.3) is 5.91 Å². The number of amides is 2. The molecule has 8 heteroatoms. The fourth-order valence-electron chi connectivity index (χ4n) is 4.17. The third-order valence-electron chi connectivity index (χ3n) is 6.01. The quantitative estimate of drug-likeness (QED) is 0.484. The fraction of sp³-hybridized carbons (Fsp3) is 0.231. The van der Waals surface area contributed by atoms with E-state index in [1.54, 1.807) is 34.1 Å². The van der Waals surface area contributed by atoms with Crippen LogP contribution in [0.15, 0.2) is 77.5 Å². The van der Waals surface area contributed by atoms with E-state index in [1.807, 2.05) is 55.5 Å². The van der Waals surface area contributed by atoms with Gasteiger partial charge in [0, 0.05) is 31.4 Å². The lowest BCUT2D eigenvalue weighted by molar-refractivity contribution is -0.121. The summed E-state index contributed by atoms with van der Waals surface area (Å²) in [6.45, 7) is 2.85. The number of hydrogen-bond acceptors (Lipinski definition) is 5. The molecule has 5 rings (SSSR count). The average molecular weight is 456 g/mol. The Kier molecular flexibility index (Phi) is 5.95. The summed E-state index contributed by atoms with van der Waals surface area (Å²) < 4.78 is 7.50. The van der Waals surface area contributed by atoms with Crippen LogP contribution in [0.3, 0.4) is 0 Å². The van der Waals surface area contributed by atoms with Gasteiger partial charge in [-0.25, -0.2) is 9.67 Å². The maximum Gasteiger partial charge on any atom is 0.257 e. The number of anilines is 1. The van der Waals surface area contributed by atoms with Crippen molar-refractivity contribution in [3.63, 3.8) is 0 Å². The zero-order valence-corrected chi connectivity index (χ0v) is 18.8. The van der Waals surface area contributed by atoms with Gasteiger partial charge in [0.1, 0.15) is 17.3 Å². The minimum absolute atomic E-state index is 0.0607. The Morgan fingerprint density at radius 3 is 2.44 bits per heavy atom. The number of piperidine rings is 1. The molecular formula is C26H25N5O3. The van der Waals surface area contributed by atoms with Crippen LogP contribution in [-0.2, 0) is 4.79 Å². The molecule has 0 spiro atoms. The van der Waals surface area contributed by atoms with E-state index in [1.165, 1.54) is 0 Å². The number of carbonyl (C=O) groups excluding carboxylic acids is 2. The van der Waals surface area contributed by atoms with Gasteiger partial charge in [-0.3, -0.25) is 9.59 Å². The molecule has 0 aliphatic carbocycles. The van der Waals surface area contributed by atoms with E-state index in [0.29, 0.717) is 48.8 Å². The summed E-state index contributed by atoms with van der Waals surface area (Å²) in [6, 6.07) is 18.7. The van der Waals surface area contributed by atoms with Gasteiger partial charge in [-0.05, 0) is 56.2 Å². The van der Waals surface area contributed by atoms with Crippen LogP contribution >= 0.6 is 0 Å². The topological polar surface area (TPSA) is 93.3 Å². The number of pyridine rings is 1. The molecule has 1 aliphatic heterocycles. The maximum atomic E-state index is 13.5. The first-order chi connectivity index (χ1) is 16.6. The van der Waals surface area contributed by atoms with Crippen molar-refractivity contribution >= 4 is 17.6 Å². The number of nitrogens with one attached hydrogen (secondary N) is 1.